The van der Waals surface area contributed by atoms with Crippen LogP contribution < -0.4 is 5.32 Å². The molecule has 1 unspecified atom stereocenters. The first-order valence-electron chi connectivity index (χ1n) is 5.22. The van der Waals surface area contributed by atoms with E-state index < -0.39 is 0 Å². The molecule has 0 bridgehead atoms. The zero-order valence-corrected chi connectivity index (χ0v) is 8.75. The first kappa shape index (κ1) is 8.89. The number of rotatable bonds is 0. The van der Waals surface area contributed by atoms with Crippen molar-refractivity contribution in [3.63, 3.8) is 0 Å². The van der Waals surface area contributed by atoms with E-state index in [9.17, 15) is 0 Å². The Bertz CT molecular complexity index is 150. The number of thioether (sulfide) groups is 1. The van der Waals surface area contributed by atoms with Gasteiger partial charge in [-0.25, -0.2) is 0 Å². The van der Waals surface area contributed by atoms with E-state index in [1.165, 1.54) is 44.3 Å². The third kappa shape index (κ3) is 1.80. The van der Waals surface area contributed by atoms with Crippen molar-refractivity contribution >= 4 is 11.8 Å². The largest absolute Gasteiger partial charge is 0.299 e. The fraction of sp³-hybridized carbons (Fsp3) is 1.00. The summed E-state index contributed by atoms with van der Waals surface area (Å²) >= 11 is 2.18. The highest BCUT2D eigenvalue weighted by molar-refractivity contribution is 8.00. The zero-order valence-electron chi connectivity index (χ0n) is 7.94. The highest BCUT2D eigenvalue weighted by atomic mass is 32.2. The van der Waals surface area contributed by atoms with Gasteiger partial charge in [-0.3, -0.25) is 5.32 Å². The van der Waals surface area contributed by atoms with Crippen LogP contribution in [-0.4, -0.2) is 16.7 Å². The summed E-state index contributed by atoms with van der Waals surface area (Å²) in [5, 5.41) is 3.77. The van der Waals surface area contributed by atoms with E-state index in [1.54, 1.807) is 0 Å². The molecule has 1 nitrogen and oxygen atoms in total. The van der Waals surface area contributed by atoms with Crippen molar-refractivity contribution in [2.45, 2.75) is 56.4 Å². The minimum Gasteiger partial charge on any atom is -0.299 e. The maximum atomic E-state index is 3.77. The lowest BCUT2D eigenvalue weighted by Gasteiger charge is -2.27. The molecule has 2 heteroatoms. The van der Waals surface area contributed by atoms with Gasteiger partial charge < -0.3 is 0 Å². The van der Waals surface area contributed by atoms with Crippen LogP contribution in [0.1, 0.15) is 45.4 Å². The summed E-state index contributed by atoms with van der Waals surface area (Å²) < 4.78 is 0. The van der Waals surface area contributed by atoms with Gasteiger partial charge in [0.2, 0.25) is 0 Å². The van der Waals surface area contributed by atoms with Crippen molar-refractivity contribution in [3.05, 3.63) is 0 Å². The van der Waals surface area contributed by atoms with E-state index in [0.717, 1.165) is 6.04 Å². The van der Waals surface area contributed by atoms with Crippen LogP contribution in [0.3, 0.4) is 0 Å². The maximum Gasteiger partial charge on any atom is 0.0648 e. The summed E-state index contributed by atoms with van der Waals surface area (Å²) in [7, 11) is 0. The SMILES string of the molecule is CC1CSC2(CCCCCC2)N1. The van der Waals surface area contributed by atoms with Crippen LogP contribution in [-0.2, 0) is 0 Å². The van der Waals surface area contributed by atoms with Gasteiger partial charge >= 0.3 is 0 Å². The van der Waals surface area contributed by atoms with E-state index in [4.69, 9.17) is 0 Å². The smallest absolute Gasteiger partial charge is 0.0648 e. The van der Waals surface area contributed by atoms with E-state index >= 15 is 0 Å². The number of nitrogens with one attached hydrogen (secondary N) is 1. The third-order valence-corrected chi connectivity index (χ3v) is 4.78. The van der Waals surface area contributed by atoms with Crippen LogP contribution in [0, 0.1) is 0 Å². The molecule has 0 aromatic carbocycles. The summed E-state index contributed by atoms with van der Waals surface area (Å²) in [5.41, 5.74) is 0. The van der Waals surface area contributed by atoms with Crippen LogP contribution in [0.5, 0.6) is 0 Å². The van der Waals surface area contributed by atoms with E-state index in [2.05, 4.69) is 24.0 Å². The van der Waals surface area contributed by atoms with Crippen molar-refractivity contribution < 1.29 is 0 Å². The Kier molecular flexibility index (Phi) is 2.66. The molecule has 2 rings (SSSR count). The quantitative estimate of drug-likeness (QED) is 0.623. The van der Waals surface area contributed by atoms with Gasteiger partial charge in [-0.15, -0.1) is 11.8 Å². The fourth-order valence-corrected chi connectivity index (χ4v) is 3.92. The van der Waals surface area contributed by atoms with Crippen LogP contribution >= 0.6 is 11.8 Å². The molecule has 1 heterocycles. The van der Waals surface area contributed by atoms with E-state index in [-0.39, 0.29) is 0 Å². The van der Waals surface area contributed by atoms with Crippen LogP contribution in [0.15, 0.2) is 0 Å². The Balaban J connectivity index is 1.98. The second kappa shape index (κ2) is 3.59. The Morgan fingerprint density at radius 3 is 2.33 bits per heavy atom. The minimum atomic E-state index is 0.496. The molecule has 0 aromatic rings. The Morgan fingerprint density at radius 1 is 1.17 bits per heavy atom. The second-order valence-corrected chi connectivity index (χ2v) is 5.67. The lowest BCUT2D eigenvalue weighted by atomic mass is 10.1. The molecule has 0 amide bonds. The van der Waals surface area contributed by atoms with Gasteiger partial charge in [0, 0.05) is 11.8 Å². The molecular weight excluding hydrogens is 166 g/mol. The van der Waals surface area contributed by atoms with Crippen LogP contribution in [0.25, 0.3) is 0 Å². The lowest BCUT2D eigenvalue weighted by molar-refractivity contribution is 0.408. The first-order valence-corrected chi connectivity index (χ1v) is 6.21. The molecule has 1 spiro atoms. The molecule has 1 N–H and O–H groups in total. The zero-order chi connectivity index (χ0) is 8.44. The molecule has 0 aromatic heterocycles. The second-order valence-electron chi connectivity index (χ2n) is 4.26. The molecule has 12 heavy (non-hydrogen) atoms. The van der Waals surface area contributed by atoms with Gasteiger partial charge in [0.05, 0.1) is 4.87 Å². The predicted octanol–water partition coefficient (Wildman–Crippen LogP) is 2.76. The fourth-order valence-electron chi connectivity index (χ4n) is 2.41. The molecule has 1 atom stereocenters. The van der Waals surface area contributed by atoms with Gasteiger partial charge in [-0.2, -0.15) is 0 Å². The van der Waals surface area contributed by atoms with Crippen LogP contribution in [0.4, 0.5) is 0 Å². The highest BCUT2D eigenvalue weighted by Gasteiger charge is 2.37. The lowest BCUT2D eigenvalue weighted by Crippen LogP contribution is -2.40. The molecule has 70 valence electrons. The van der Waals surface area contributed by atoms with Gasteiger partial charge in [0.25, 0.3) is 0 Å². The van der Waals surface area contributed by atoms with Crippen molar-refractivity contribution in [2.24, 2.45) is 0 Å². The van der Waals surface area contributed by atoms with Gasteiger partial charge in [0.1, 0.15) is 0 Å². The monoisotopic (exact) mass is 185 g/mol. The van der Waals surface area contributed by atoms with Crippen molar-refractivity contribution in [2.75, 3.05) is 5.75 Å². The molecule has 1 aliphatic heterocycles. The van der Waals surface area contributed by atoms with Gasteiger partial charge in [-0.1, -0.05) is 25.7 Å². The molecular formula is C10H19NS. The summed E-state index contributed by atoms with van der Waals surface area (Å²) in [6, 6.07) is 0.744. The maximum absolute atomic E-state index is 3.77. The van der Waals surface area contributed by atoms with Crippen molar-refractivity contribution in [1.29, 1.82) is 0 Å². The summed E-state index contributed by atoms with van der Waals surface area (Å²) in [6.07, 6.45) is 8.60. The molecule has 2 aliphatic rings. The standard InChI is InChI=1S/C10H19NS/c1-9-8-12-10(11-9)6-4-2-3-5-7-10/h9,11H,2-8H2,1H3. The van der Waals surface area contributed by atoms with Crippen molar-refractivity contribution in [3.8, 4) is 0 Å². The molecule has 1 saturated carbocycles. The predicted molar refractivity (Wildman–Crippen MR) is 55.5 cm³/mol. The summed E-state index contributed by atoms with van der Waals surface area (Å²) in [5.74, 6) is 1.32. The Hall–Kier alpha value is 0.310. The Labute approximate surface area is 79.7 Å². The van der Waals surface area contributed by atoms with Gasteiger partial charge in [-0.05, 0) is 19.8 Å². The molecule has 1 saturated heterocycles. The minimum absolute atomic E-state index is 0.496. The summed E-state index contributed by atoms with van der Waals surface area (Å²) in [6.45, 7) is 2.31. The third-order valence-electron chi connectivity index (χ3n) is 3.03. The average molecular weight is 185 g/mol. The Morgan fingerprint density at radius 2 is 1.83 bits per heavy atom. The van der Waals surface area contributed by atoms with E-state index in [1.807, 2.05) is 0 Å². The highest BCUT2D eigenvalue weighted by Crippen LogP contribution is 2.40. The van der Waals surface area contributed by atoms with Gasteiger partial charge in [0.15, 0.2) is 0 Å². The molecule has 2 fully saturated rings. The molecule has 0 radical (unpaired) electrons. The molecule has 1 aliphatic carbocycles. The number of hydrogen-bond acceptors (Lipinski definition) is 2. The summed E-state index contributed by atoms with van der Waals surface area (Å²) in [4.78, 5) is 0.496. The first-order chi connectivity index (χ1) is 5.81. The van der Waals surface area contributed by atoms with Crippen LogP contribution in [0.2, 0.25) is 0 Å². The number of hydrogen-bond donors (Lipinski definition) is 1. The van der Waals surface area contributed by atoms with E-state index in [0.29, 0.717) is 4.87 Å². The normalized spacial score (nSPS) is 35.2. The van der Waals surface area contributed by atoms with Crippen molar-refractivity contribution in [1.82, 2.24) is 5.32 Å². The average Bonchev–Trinajstić information content (AvgIpc) is 2.30. The topological polar surface area (TPSA) is 12.0 Å².